The van der Waals surface area contributed by atoms with E-state index in [4.69, 9.17) is 9.47 Å². The number of ketones is 1. The molecule has 4 aromatic rings. The third-order valence-electron chi connectivity index (χ3n) is 6.43. The number of carbonyl (C=O) groups is 2. The maximum Gasteiger partial charge on any atom is 0.302 e. The topological polar surface area (TPSA) is 105 Å². The number of hydrogen-bond acceptors (Lipinski definition) is 6. The van der Waals surface area contributed by atoms with Crippen LogP contribution in [0.4, 0.5) is 5.95 Å². The van der Waals surface area contributed by atoms with Crippen LogP contribution < -0.4 is 14.4 Å². The summed E-state index contributed by atoms with van der Waals surface area (Å²) in [6, 6.07) is 17.0. The van der Waals surface area contributed by atoms with Gasteiger partial charge in [-0.05, 0) is 55.3 Å². The predicted molar refractivity (Wildman–Crippen MR) is 136 cm³/mol. The number of aliphatic hydroxyl groups excluding tert-OH is 1. The minimum absolute atomic E-state index is 0.00287. The molecule has 182 valence electrons. The molecule has 1 atom stereocenters. The van der Waals surface area contributed by atoms with Crippen molar-refractivity contribution in [1.82, 2.24) is 9.97 Å². The first-order chi connectivity index (χ1) is 17.3. The standard InChI is InChI=1S/C28H25N3O5/c1-15-5-6-16(2)20(13-15)25(32)23-24(17-7-9-18(35-3)10-8-17)31(27(34)26(23)33)28-29-21-12-11-19(36-4)14-22(21)30-28/h5-14,24,32H,1-4H3,(H,29,30)/b25-23+. The third kappa shape index (κ3) is 3.76. The second kappa shape index (κ2) is 8.88. The summed E-state index contributed by atoms with van der Waals surface area (Å²) >= 11 is 0. The molecular formula is C28H25N3O5. The van der Waals surface area contributed by atoms with Gasteiger partial charge in [0.05, 0.1) is 36.9 Å². The monoisotopic (exact) mass is 483 g/mol. The number of hydrogen-bond donors (Lipinski definition) is 2. The van der Waals surface area contributed by atoms with Crippen molar-refractivity contribution in [2.75, 3.05) is 19.1 Å². The van der Waals surface area contributed by atoms with Gasteiger partial charge in [0.15, 0.2) is 0 Å². The van der Waals surface area contributed by atoms with E-state index in [1.807, 2.05) is 26.0 Å². The number of fused-ring (bicyclic) bond motifs is 1. The van der Waals surface area contributed by atoms with Crippen LogP contribution in [0.15, 0.2) is 66.2 Å². The Morgan fingerprint density at radius 1 is 0.944 bits per heavy atom. The summed E-state index contributed by atoms with van der Waals surface area (Å²) in [6.07, 6.45) is 0. The number of nitrogens with zero attached hydrogens (tertiary/aromatic N) is 2. The number of imidazole rings is 1. The summed E-state index contributed by atoms with van der Waals surface area (Å²) in [5.74, 6) is -0.347. The maximum absolute atomic E-state index is 13.4. The van der Waals surface area contributed by atoms with Gasteiger partial charge in [-0.1, -0.05) is 29.8 Å². The summed E-state index contributed by atoms with van der Waals surface area (Å²) in [5.41, 5.74) is 4.08. The minimum atomic E-state index is -0.904. The second-order valence-corrected chi connectivity index (χ2v) is 8.70. The first kappa shape index (κ1) is 23.2. The van der Waals surface area contributed by atoms with Gasteiger partial charge in [-0.15, -0.1) is 0 Å². The number of aryl methyl sites for hydroxylation is 2. The lowest BCUT2D eigenvalue weighted by Crippen LogP contribution is -2.30. The Labute approximate surface area is 207 Å². The largest absolute Gasteiger partial charge is 0.507 e. The van der Waals surface area contributed by atoms with Gasteiger partial charge in [0, 0.05) is 11.6 Å². The van der Waals surface area contributed by atoms with Crippen LogP contribution in [-0.4, -0.2) is 41.0 Å². The molecule has 0 radical (unpaired) electrons. The summed E-state index contributed by atoms with van der Waals surface area (Å²) in [7, 11) is 3.12. The van der Waals surface area contributed by atoms with Crippen LogP contribution in [0.5, 0.6) is 11.5 Å². The van der Waals surface area contributed by atoms with Gasteiger partial charge in [0.2, 0.25) is 5.95 Å². The Morgan fingerprint density at radius 3 is 2.33 bits per heavy atom. The first-order valence-electron chi connectivity index (χ1n) is 11.4. The molecule has 36 heavy (non-hydrogen) atoms. The van der Waals surface area contributed by atoms with Crippen LogP contribution in [-0.2, 0) is 9.59 Å². The molecule has 0 saturated carbocycles. The molecule has 8 heteroatoms. The highest BCUT2D eigenvalue weighted by Crippen LogP contribution is 2.42. The highest BCUT2D eigenvalue weighted by atomic mass is 16.5. The van der Waals surface area contributed by atoms with Crippen LogP contribution in [0, 0.1) is 13.8 Å². The Kier molecular flexibility index (Phi) is 5.72. The number of methoxy groups -OCH3 is 2. The smallest absolute Gasteiger partial charge is 0.302 e. The van der Waals surface area contributed by atoms with E-state index < -0.39 is 17.7 Å². The summed E-state index contributed by atoms with van der Waals surface area (Å²) in [6.45, 7) is 3.75. The number of nitrogens with one attached hydrogen (secondary N) is 1. The van der Waals surface area contributed by atoms with Crippen molar-refractivity contribution in [3.8, 4) is 11.5 Å². The number of rotatable bonds is 5. The summed E-state index contributed by atoms with van der Waals surface area (Å²) in [5, 5.41) is 11.4. The molecule has 1 saturated heterocycles. The number of anilines is 1. The fourth-order valence-electron chi connectivity index (χ4n) is 4.50. The quantitative estimate of drug-likeness (QED) is 0.240. The van der Waals surface area contributed by atoms with Gasteiger partial charge >= 0.3 is 5.91 Å². The molecule has 5 rings (SSSR count). The van der Waals surface area contributed by atoms with E-state index in [0.717, 1.165) is 11.1 Å². The maximum atomic E-state index is 13.4. The number of carbonyl (C=O) groups excluding carboxylic acids is 2. The van der Waals surface area contributed by atoms with Crippen LogP contribution in [0.25, 0.3) is 16.8 Å². The number of aromatic nitrogens is 2. The van der Waals surface area contributed by atoms with Gasteiger partial charge in [0.25, 0.3) is 5.78 Å². The van der Waals surface area contributed by atoms with E-state index in [-0.39, 0.29) is 17.3 Å². The zero-order valence-corrected chi connectivity index (χ0v) is 20.3. The van der Waals surface area contributed by atoms with Crippen molar-refractivity contribution < 1.29 is 24.2 Å². The molecule has 1 fully saturated rings. The molecule has 1 unspecified atom stereocenters. The Balaban J connectivity index is 1.73. The minimum Gasteiger partial charge on any atom is -0.507 e. The number of amides is 1. The van der Waals surface area contributed by atoms with E-state index in [9.17, 15) is 14.7 Å². The van der Waals surface area contributed by atoms with Gasteiger partial charge in [0.1, 0.15) is 17.3 Å². The number of ether oxygens (including phenoxy) is 2. The van der Waals surface area contributed by atoms with Crippen molar-refractivity contribution >= 4 is 34.4 Å². The van der Waals surface area contributed by atoms with Crippen molar-refractivity contribution in [3.63, 3.8) is 0 Å². The molecule has 8 nitrogen and oxygen atoms in total. The van der Waals surface area contributed by atoms with E-state index in [1.165, 1.54) is 4.90 Å². The lowest BCUT2D eigenvalue weighted by molar-refractivity contribution is -0.132. The Morgan fingerprint density at radius 2 is 1.64 bits per heavy atom. The Bertz CT molecular complexity index is 1530. The predicted octanol–water partition coefficient (Wildman–Crippen LogP) is 4.82. The van der Waals surface area contributed by atoms with Crippen LogP contribution >= 0.6 is 0 Å². The zero-order chi connectivity index (χ0) is 25.6. The van der Waals surface area contributed by atoms with Gasteiger partial charge in [-0.25, -0.2) is 4.98 Å². The molecule has 1 aliphatic rings. The number of aliphatic hydroxyl groups is 1. The third-order valence-corrected chi connectivity index (χ3v) is 6.43. The average molecular weight is 484 g/mol. The van der Waals surface area contributed by atoms with Gasteiger partial charge in [-0.2, -0.15) is 0 Å². The lowest BCUT2D eigenvalue weighted by atomic mass is 9.93. The van der Waals surface area contributed by atoms with E-state index in [1.54, 1.807) is 62.8 Å². The van der Waals surface area contributed by atoms with Crippen LogP contribution in [0.2, 0.25) is 0 Å². The van der Waals surface area contributed by atoms with E-state index in [2.05, 4.69) is 9.97 Å². The molecule has 0 aliphatic carbocycles. The molecule has 0 spiro atoms. The molecule has 1 aliphatic heterocycles. The fourth-order valence-corrected chi connectivity index (χ4v) is 4.50. The molecule has 2 N–H and O–H groups in total. The van der Waals surface area contributed by atoms with Crippen molar-refractivity contribution in [1.29, 1.82) is 0 Å². The average Bonchev–Trinajstić information content (AvgIpc) is 3.42. The number of benzene rings is 3. The number of Topliss-reactive ketones (excluding diaryl/α,β-unsaturated/α-hetero) is 1. The molecule has 1 aromatic heterocycles. The zero-order valence-electron chi connectivity index (χ0n) is 20.3. The normalized spacial score (nSPS) is 17.1. The van der Waals surface area contributed by atoms with Gasteiger partial charge < -0.3 is 19.6 Å². The molecule has 0 bridgehead atoms. The molecular weight excluding hydrogens is 458 g/mol. The highest BCUT2D eigenvalue weighted by molar-refractivity contribution is 6.51. The van der Waals surface area contributed by atoms with Crippen LogP contribution in [0.1, 0.15) is 28.3 Å². The number of H-pyrrole nitrogens is 1. The summed E-state index contributed by atoms with van der Waals surface area (Å²) < 4.78 is 10.6. The van der Waals surface area contributed by atoms with Gasteiger partial charge in [-0.3, -0.25) is 14.5 Å². The van der Waals surface area contributed by atoms with Crippen molar-refractivity contribution in [2.24, 2.45) is 0 Å². The lowest BCUT2D eigenvalue weighted by Gasteiger charge is -2.23. The van der Waals surface area contributed by atoms with Crippen molar-refractivity contribution in [3.05, 3.63) is 88.5 Å². The first-order valence-corrected chi connectivity index (χ1v) is 11.4. The molecule has 1 amide bonds. The summed E-state index contributed by atoms with van der Waals surface area (Å²) in [4.78, 5) is 35.9. The fraction of sp³-hybridized carbons (Fsp3) is 0.179. The SMILES string of the molecule is COc1ccc(C2/C(=C(\O)c3cc(C)ccc3C)C(=O)C(=O)N2c2nc3ccc(OC)cc3[nH]2)cc1. The highest BCUT2D eigenvalue weighted by Gasteiger charge is 2.48. The van der Waals surface area contributed by atoms with E-state index >= 15 is 0 Å². The molecule has 2 heterocycles. The van der Waals surface area contributed by atoms with Crippen LogP contribution in [0.3, 0.4) is 0 Å². The molecule has 3 aromatic carbocycles. The number of aromatic amines is 1. The van der Waals surface area contributed by atoms with E-state index in [0.29, 0.717) is 33.7 Å². The van der Waals surface area contributed by atoms with Crippen molar-refractivity contribution in [2.45, 2.75) is 19.9 Å². The second-order valence-electron chi connectivity index (χ2n) is 8.70. The Hall–Kier alpha value is -4.59.